The number of halogens is 1. The summed E-state index contributed by atoms with van der Waals surface area (Å²) < 4.78 is 12.6. The Hall–Kier alpha value is -1.23. The van der Waals surface area contributed by atoms with Gasteiger partial charge in [-0.15, -0.1) is 0 Å². The van der Waals surface area contributed by atoms with Gasteiger partial charge in [-0.25, -0.2) is 14.4 Å². The Morgan fingerprint density at radius 1 is 1.47 bits per heavy atom. The highest BCUT2D eigenvalue weighted by Crippen LogP contribution is 2.19. The highest BCUT2D eigenvalue weighted by atomic mass is 19.1. The first-order valence-electron chi connectivity index (χ1n) is 4.94. The number of nitrogens with two attached hydrogens (primary N) is 1. The standard InChI is InChI=1S/C10H17FN4/c1-7(2)10(3,6-12)15-9-13-4-8(11)5-14-9/h4-5,7H,6,12H2,1-3H3,(H,13,14,15). The van der Waals surface area contributed by atoms with Crippen molar-refractivity contribution in [3.63, 3.8) is 0 Å². The van der Waals surface area contributed by atoms with Crippen LogP contribution >= 0.6 is 0 Å². The second kappa shape index (κ2) is 4.53. The smallest absolute Gasteiger partial charge is 0.223 e. The normalized spacial score (nSPS) is 15.1. The zero-order valence-electron chi connectivity index (χ0n) is 9.29. The van der Waals surface area contributed by atoms with E-state index in [0.29, 0.717) is 18.4 Å². The largest absolute Gasteiger partial charge is 0.348 e. The van der Waals surface area contributed by atoms with Crippen LogP contribution in [0.5, 0.6) is 0 Å². The summed E-state index contributed by atoms with van der Waals surface area (Å²) in [5, 5.41) is 3.12. The number of nitrogens with zero attached hydrogens (tertiary/aromatic N) is 2. The average molecular weight is 212 g/mol. The molecular formula is C10H17FN4. The Morgan fingerprint density at radius 2 is 2.00 bits per heavy atom. The maximum absolute atomic E-state index is 12.6. The van der Waals surface area contributed by atoms with Crippen LogP contribution in [-0.2, 0) is 0 Å². The number of rotatable bonds is 4. The van der Waals surface area contributed by atoms with Gasteiger partial charge in [0.05, 0.1) is 17.9 Å². The van der Waals surface area contributed by atoms with Crippen LogP contribution in [0, 0.1) is 11.7 Å². The fraction of sp³-hybridized carbons (Fsp3) is 0.600. The van der Waals surface area contributed by atoms with Gasteiger partial charge in [-0.1, -0.05) is 13.8 Å². The van der Waals surface area contributed by atoms with Gasteiger partial charge in [-0.05, 0) is 12.8 Å². The van der Waals surface area contributed by atoms with Gasteiger partial charge in [0.15, 0.2) is 5.82 Å². The van der Waals surface area contributed by atoms with Gasteiger partial charge in [0.2, 0.25) is 5.95 Å². The van der Waals surface area contributed by atoms with E-state index in [1.54, 1.807) is 0 Å². The van der Waals surface area contributed by atoms with Crippen molar-refractivity contribution in [2.45, 2.75) is 26.3 Å². The minimum absolute atomic E-state index is 0.280. The first-order valence-corrected chi connectivity index (χ1v) is 4.94. The van der Waals surface area contributed by atoms with Gasteiger partial charge >= 0.3 is 0 Å². The Kier molecular flexibility index (Phi) is 3.57. The minimum Gasteiger partial charge on any atom is -0.348 e. The fourth-order valence-corrected chi connectivity index (χ4v) is 1.06. The van der Waals surface area contributed by atoms with Crippen molar-refractivity contribution in [2.75, 3.05) is 11.9 Å². The Balaban J connectivity index is 2.79. The van der Waals surface area contributed by atoms with E-state index in [9.17, 15) is 4.39 Å². The van der Waals surface area contributed by atoms with Crippen LogP contribution in [0.3, 0.4) is 0 Å². The molecule has 1 aromatic heterocycles. The molecule has 1 heterocycles. The lowest BCUT2D eigenvalue weighted by molar-refractivity contribution is 0.380. The number of hydrogen-bond acceptors (Lipinski definition) is 4. The zero-order valence-corrected chi connectivity index (χ0v) is 9.29. The molecule has 0 aliphatic rings. The molecule has 84 valence electrons. The second-order valence-corrected chi connectivity index (χ2v) is 4.13. The SMILES string of the molecule is CC(C)C(C)(CN)Nc1ncc(F)cn1. The Labute approximate surface area is 89.1 Å². The predicted molar refractivity (Wildman–Crippen MR) is 57.9 cm³/mol. The highest BCUT2D eigenvalue weighted by molar-refractivity contribution is 5.28. The van der Waals surface area contributed by atoms with E-state index in [1.807, 2.05) is 6.92 Å². The summed E-state index contributed by atoms with van der Waals surface area (Å²) >= 11 is 0. The van der Waals surface area contributed by atoms with Crippen LogP contribution in [0.2, 0.25) is 0 Å². The van der Waals surface area contributed by atoms with E-state index in [-0.39, 0.29) is 5.54 Å². The van der Waals surface area contributed by atoms with Crippen molar-refractivity contribution in [3.05, 3.63) is 18.2 Å². The van der Waals surface area contributed by atoms with E-state index in [2.05, 4.69) is 29.1 Å². The van der Waals surface area contributed by atoms with Crippen molar-refractivity contribution < 1.29 is 4.39 Å². The van der Waals surface area contributed by atoms with E-state index in [0.717, 1.165) is 12.4 Å². The van der Waals surface area contributed by atoms with Crippen LogP contribution in [0.1, 0.15) is 20.8 Å². The van der Waals surface area contributed by atoms with Crippen molar-refractivity contribution in [1.82, 2.24) is 9.97 Å². The molecule has 0 aliphatic carbocycles. The summed E-state index contributed by atoms with van der Waals surface area (Å²) in [7, 11) is 0. The first kappa shape index (κ1) is 11.8. The first-order chi connectivity index (χ1) is 6.98. The predicted octanol–water partition coefficient (Wildman–Crippen LogP) is 1.40. The van der Waals surface area contributed by atoms with E-state index in [4.69, 9.17) is 5.73 Å². The third-order valence-corrected chi connectivity index (χ3v) is 2.72. The molecule has 0 spiro atoms. The third-order valence-electron chi connectivity index (χ3n) is 2.72. The molecule has 0 fully saturated rings. The van der Waals surface area contributed by atoms with E-state index >= 15 is 0 Å². The molecule has 1 rings (SSSR count). The molecule has 4 nitrogen and oxygen atoms in total. The van der Waals surface area contributed by atoms with Gasteiger partial charge in [0.25, 0.3) is 0 Å². The average Bonchev–Trinajstić information content (AvgIpc) is 2.21. The van der Waals surface area contributed by atoms with Crippen molar-refractivity contribution >= 4 is 5.95 Å². The molecular weight excluding hydrogens is 195 g/mol. The minimum atomic E-state index is -0.445. The summed E-state index contributed by atoms with van der Waals surface area (Å²) in [6, 6.07) is 0. The number of anilines is 1. The number of nitrogens with one attached hydrogen (secondary N) is 1. The summed E-state index contributed by atoms with van der Waals surface area (Å²) in [5.41, 5.74) is 5.41. The molecule has 0 aromatic carbocycles. The van der Waals surface area contributed by atoms with Gasteiger partial charge in [-0.2, -0.15) is 0 Å². The molecule has 0 aliphatic heterocycles. The molecule has 1 aromatic rings. The molecule has 1 unspecified atom stereocenters. The van der Waals surface area contributed by atoms with Gasteiger partial charge in [-0.3, -0.25) is 0 Å². The van der Waals surface area contributed by atoms with Crippen molar-refractivity contribution in [1.29, 1.82) is 0 Å². The van der Waals surface area contributed by atoms with E-state index < -0.39 is 5.82 Å². The quantitative estimate of drug-likeness (QED) is 0.792. The lowest BCUT2D eigenvalue weighted by Crippen LogP contribution is -2.47. The third kappa shape index (κ3) is 2.86. The van der Waals surface area contributed by atoms with Gasteiger partial charge in [0.1, 0.15) is 0 Å². The summed E-state index contributed by atoms with van der Waals surface area (Å²) in [6.07, 6.45) is 2.26. The topological polar surface area (TPSA) is 63.8 Å². The Morgan fingerprint density at radius 3 is 2.40 bits per heavy atom. The molecule has 3 N–H and O–H groups in total. The van der Waals surface area contributed by atoms with Crippen molar-refractivity contribution in [2.24, 2.45) is 11.7 Å². The van der Waals surface area contributed by atoms with Crippen LogP contribution in [0.4, 0.5) is 10.3 Å². The molecule has 0 saturated carbocycles. The van der Waals surface area contributed by atoms with Crippen LogP contribution in [-0.4, -0.2) is 22.1 Å². The number of aromatic nitrogens is 2. The monoisotopic (exact) mass is 212 g/mol. The summed E-state index contributed by atoms with van der Waals surface area (Å²) in [6.45, 7) is 6.57. The summed E-state index contributed by atoms with van der Waals surface area (Å²) in [5.74, 6) is 0.286. The summed E-state index contributed by atoms with van der Waals surface area (Å²) in [4.78, 5) is 7.68. The molecule has 0 saturated heterocycles. The van der Waals surface area contributed by atoms with Gasteiger partial charge in [0, 0.05) is 6.54 Å². The Bertz CT molecular complexity index is 312. The second-order valence-electron chi connectivity index (χ2n) is 4.13. The maximum Gasteiger partial charge on any atom is 0.223 e. The number of hydrogen-bond donors (Lipinski definition) is 2. The highest BCUT2D eigenvalue weighted by Gasteiger charge is 2.27. The van der Waals surface area contributed by atoms with E-state index in [1.165, 1.54) is 0 Å². The molecule has 1 atom stereocenters. The zero-order chi connectivity index (χ0) is 11.5. The molecule has 0 bridgehead atoms. The maximum atomic E-state index is 12.6. The van der Waals surface area contributed by atoms with Crippen LogP contribution in [0.25, 0.3) is 0 Å². The van der Waals surface area contributed by atoms with Gasteiger partial charge < -0.3 is 11.1 Å². The van der Waals surface area contributed by atoms with Crippen molar-refractivity contribution in [3.8, 4) is 0 Å². The molecule has 15 heavy (non-hydrogen) atoms. The molecule has 5 heteroatoms. The van der Waals surface area contributed by atoms with Crippen LogP contribution in [0.15, 0.2) is 12.4 Å². The lowest BCUT2D eigenvalue weighted by atomic mass is 9.89. The fourth-order valence-electron chi connectivity index (χ4n) is 1.06. The lowest BCUT2D eigenvalue weighted by Gasteiger charge is -2.33. The molecule has 0 radical (unpaired) electrons. The van der Waals surface area contributed by atoms with Crippen LogP contribution < -0.4 is 11.1 Å². The molecule has 0 amide bonds.